The Morgan fingerprint density at radius 3 is 2.68 bits per heavy atom. The van der Waals surface area contributed by atoms with Crippen LogP contribution in [0, 0.1) is 0 Å². The lowest BCUT2D eigenvalue weighted by Crippen LogP contribution is -2.57. The first-order chi connectivity index (χ1) is 10.4. The lowest BCUT2D eigenvalue weighted by Gasteiger charge is -2.41. The molecule has 7 heteroatoms. The van der Waals surface area contributed by atoms with Gasteiger partial charge in [0.1, 0.15) is 18.0 Å². The Morgan fingerprint density at radius 2 is 2.09 bits per heavy atom. The molecule has 1 fully saturated rings. The highest BCUT2D eigenvalue weighted by atomic mass is 35.5. The molecule has 1 atom stereocenters. The van der Waals surface area contributed by atoms with Crippen LogP contribution in [0.25, 0.3) is 0 Å². The topological polar surface area (TPSA) is 81.9 Å². The second-order valence-electron chi connectivity index (χ2n) is 5.36. The highest BCUT2D eigenvalue weighted by molar-refractivity contribution is 6.30. The smallest absolute Gasteiger partial charge is 0.220 e. The van der Waals surface area contributed by atoms with Crippen LogP contribution in [0.2, 0.25) is 5.02 Å². The maximum Gasteiger partial charge on any atom is 0.220 e. The summed E-state index contributed by atoms with van der Waals surface area (Å²) < 4.78 is 11.5. The van der Waals surface area contributed by atoms with Crippen molar-refractivity contribution < 1.29 is 19.1 Å². The van der Waals surface area contributed by atoms with Crippen LogP contribution >= 0.6 is 11.6 Å². The number of ether oxygens (including phenoxy) is 2. The molecule has 0 saturated carbocycles. The van der Waals surface area contributed by atoms with E-state index in [0.29, 0.717) is 23.9 Å². The number of nitrogens with two attached hydrogens (primary N) is 1. The van der Waals surface area contributed by atoms with E-state index in [1.807, 2.05) is 0 Å². The van der Waals surface area contributed by atoms with Gasteiger partial charge in [-0.05, 0) is 24.3 Å². The number of carbonyl (C=O) groups excluding carboxylic acids is 2. The number of amides is 2. The molecule has 0 radical (unpaired) electrons. The summed E-state index contributed by atoms with van der Waals surface area (Å²) in [6.07, 6.45) is -0.00955. The van der Waals surface area contributed by atoms with Gasteiger partial charge < -0.3 is 20.1 Å². The van der Waals surface area contributed by atoms with E-state index in [1.165, 1.54) is 6.92 Å². The predicted molar refractivity (Wildman–Crippen MR) is 81.7 cm³/mol. The molecule has 6 nitrogen and oxygen atoms in total. The van der Waals surface area contributed by atoms with E-state index in [9.17, 15) is 9.59 Å². The molecule has 120 valence electrons. The van der Waals surface area contributed by atoms with Crippen molar-refractivity contribution in [2.75, 3.05) is 26.3 Å². The van der Waals surface area contributed by atoms with E-state index in [4.69, 9.17) is 26.8 Å². The third-order valence-corrected chi connectivity index (χ3v) is 3.76. The van der Waals surface area contributed by atoms with Crippen molar-refractivity contribution in [1.82, 2.24) is 4.90 Å². The SMILES string of the molecule is CC(=O)N1CCOC(COc2ccc(Cl)cc2)(CC(N)=O)C1. The van der Waals surface area contributed by atoms with Gasteiger partial charge in [0.15, 0.2) is 0 Å². The van der Waals surface area contributed by atoms with Crippen molar-refractivity contribution in [3.05, 3.63) is 29.3 Å². The third kappa shape index (κ3) is 4.35. The summed E-state index contributed by atoms with van der Waals surface area (Å²) in [7, 11) is 0. The van der Waals surface area contributed by atoms with Gasteiger partial charge in [0.2, 0.25) is 11.8 Å². The molecule has 0 aromatic heterocycles. The van der Waals surface area contributed by atoms with Crippen LogP contribution in [0.15, 0.2) is 24.3 Å². The summed E-state index contributed by atoms with van der Waals surface area (Å²) in [5.74, 6) is 0.0468. The molecule has 1 aromatic rings. The molecule has 2 amide bonds. The normalized spacial score (nSPS) is 21.5. The highest BCUT2D eigenvalue weighted by Gasteiger charge is 2.40. The molecule has 1 unspecified atom stereocenters. The standard InChI is InChI=1S/C15H19ClN2O4/c1-11(19)18-6-7-22-15(9-18,8-14(17)20)10-21-13-4-2-12(16)3-5-13/h2-5H,6-10H2,1H3,(H2,17,20). The number of hydrogen-bond donors (Lipinski definition) is 1. The van der Waals surface area contributed by atoms with Gasteiger partial charge in [0.05, 0.1) is 19.6 Å². The van der Waals surface area contributed by atoms with Crippen molar-refractivity contribution >= 4 is 23.4 Å². The van der Waals surface area contributed by atoms with Gasteiger partial charge in [-0.15, -0.1) is 0 Å². The predicted octanol–water partition coefficient (Wildman–Crippen LogP) is 1.21. The van der Waals surface area contributed by atoms with Crippen molar-refractivity contribution in [1.29, 1.82) is 0 Å². The van der Waals surface area contributed by atoms with E-state index in [1.54, 1.807) is 29.2 Å². The van der Waals surface area contributed by atoms with E-state index in [0.717, 1.165) is 0 Å². The quantitative estimate of drug-likeness (QED) is 0.881. The summed E-state index contributed by atoms with van der Waals surface area (Å²) in [6.45, 7) is 2.73. The fraction of sp³-hybridized carbons (Fsp3) is 0.467. The minimum Gasteiger partial charge on any atom is -0.490 e. The van der Waals surface area contributed by atoms with Crippen LogP contribution in [0.4, 0.5) is 0 Å². The average molecular weight is 327 g/mol. The number of primary amides is 1. The zero-order chi connectivity index (χ0) is 16.2. The lowest BCUT2D eigenvalue weighted by atomic mass is 9.97. The molecule has 0 spiro atoms. The highest BCUT2D eigenvalue weighted by Crippen LogP contribution is 2.25. The van der Waals surface area contributed by atoms with Crippen LogP contribution < -0.4 is 10.5 Å². The lowest BCUT2D eigenvalue weighted by molar-refractivity contribution is -0.160. The van der Waals surface area contributed by atoms with E-state index in [-0.39, 0.29) is 25.5 Å². The first kappa shape index (κ1) is 16.6. The Kier molecular flexibility index (Phi) is 5.26. The molecule has 2 N–H and O–H groups in total. The van der Waals surface area contributed by atoms with E-state index in [2.05, 4.69) is 0 Å². The molecule has 0 aliphatic carbocycles. The molecule has 1 aliphatic rings. The monoisotopic (exact) mass is 326 g/mol. The summed E-state index contributed by atoms with van der Waals surface area (Å²) in [5, 5.41) is 0.607. The zero-order valence-electron chi connectivity index (χ0n) is 12.4. The van der Waals surface area contributed by atoms with Crippen LogP contribution in [0.3, 0.4) is 0 Å². The van der Waals surface area contributed by atoms with Gasteiger partial charge in [-0.2, -0.15) is 0 Å². The number of morpholine rings is 1. The van der Waals surface area contributed by atoms with Crippen LogP contribution in [-0.4, -0.2) is 48.6 Å². The van der Waals surface area contributed by atoms with Crippen molar-refractivity contribution in [3.63, 3.8) is 0 Å². The number of hydrogen-bond acceptors (Lipinski definition) is 4. The number of carbonyl (C=O) groups is 2. The minimum atomic E-state index is -0.921. The summed E-state index contributed by atoms with van der Waals surface area (Å²) >= 11 is 5.83. The number of nitrogens with zero attached hydrogens (tertiary/aromatic N) is 1. The summed E-state index contributed by atoms with van der Waals surface area (Å²) in [4.78, 5) is 24.6. The number of benzene rings is 1. The zero-order valence-corrected chi connectivity index (χ0v) is 13.1. The van der Waals surface area contributed by atoms with Gasteiger partial charge in [-0.25, -0.2) is 0 Å². The maximum atomic E-state index is 11.6. The molecular weight excluding hydrogens is 308 g/mol. The fourth-order valence-corrected chi connectivity index (χ4v) is 2.55. The average Bonchev–Trinajstić information content (AvgIpc) is 2.46. The second kappa shape index (κ2) is 6.98. The Balaban J connectivity index is 2.09. The van der Waals surface area contributed by atoms with Gasteiger partial charge in [0.25, 0.3) is 0 Å². The van der Waals surface area contributed by atoms with Gasteiger partial charge in [0, 0.05) is 18.5 Å². The number of halogens is 1. The molecule has 1 saturated heterocycles. The first-order valence-corrected chi connectivity index (χ1v) is 7.34. The van der Waals surface area contributed by atoms with Crippen molar-refractivity contribution in [3.8, 4) is 5.75 Å². The fourth-order valence-electron chi connectivity index (χ4n) is 2.42. The molecule has 1 heterocycles. The first-order valence-electron chi connectivity index (χ1n) is 6.96. The minimum absolute atomic E-state index is 0.00955. The van der Waals surface area contributed by atoms with Crippen LogP contribution in [0.1, 0.15) is 13.3 Å². The Bertz CT molecular complexity index is 549. The van der Waals surface area contributed by atoms with Gasteiger partial charge in [-0.3, -0.25) is 9.59 Å². The summed E-state index contributed by atoms with van der Waals surface area (Å²) in [5.41, 5.74) is 4.40. The van der Waals surface area contributed by atoms with E-state index < -0.39 is 11.5 Å². The molecule has 22 heavy (non-hydrogen) atoms. The van der Waals surface area contributed by atoms with Crippen LogP contribution in [0.5, 0.6) is 5.75 Å². The van der Waals surface area contributed by atoms with Crippen LogP contribution in [-0.2, 0) is 14.3 Å². The van der Waals surface area contributed by atoms with E-state index >= 15 is 0 Å². The number of rotatable bonds is 5. The second-order valence-corrected chi connectivity index (χ2v) is 5.79. The van der Waals surface area contributed by atoms with Crippen molar-refractivity contribution in [2.24, 2.45) is 5.73 Å². The van der Waals surface area contributed by atoms with Gasteiger partial charge in [-0.1, -0.05) is 11.6 Å². The Morgan fingerprint density at radius 1 is 1.41 bits per heavy atom. The maximum absolute atomic E-state index is 11.6. The largest absolute Gasteiger partial charge is 0.490 e. The Labute approximate surface area is 134 Å². The molecule has 2 rings (SSSR count). The molecule has 1 aromatic carbocycles. The van der Waals surface area contributed by atoms with Crippen molar-refractivity contribution in [2.45, 2.75) is 18.9 Å². The molecule has 0 bridgehead atoms. The molecule has 1 aliphatic heterocycles. The van der Waals surface area contributed by atoms with Gasteiger partial charge >= 0.3 is 0 Å². The molecular formula is C15H19ClN2O4. The Hall–Kier alpha value is -1.79. The third-order valence-electron chi connectivity index (χ3n) is 3.51. The summed E-state index contributed by atoms with van der Waals surface area (Å²) in [6, 6.07) is 6.88.